The highest BCUT2D eigenvalue weighted by molar-refractivity contribution is 5.68. The number of nitrogens with zero attached hydrogens (tertiary/aromatic N) is 3. The van der Waals surface area contributed by atoms with Crippen LogP contribution in [0.5, 0.6) is 0 Å². The molecule has 2 aromatic carbocycles. The van der Waals surface area contributed by atoms with Crippen LogP contribution in [0.3, 0.4) is 0 Å². The van der Waals surface area contributed by atoms with Crippen molar-refractivity contribution >= 4 is 12.2 Å². The minimum absolute atomic E-state index is 0.396. The third-order valence-electron chi connectivity index (χ3n) is 13.5. The fourth-order valence-electron chi connectivity index (χ4n) is 10.7. The van der Waals surface area contributed by atoms with Gasteiger partial charge in [0, 0.05) is 69.7 Å². The Morgan fingerprint density at radius 1 is 0.710 bits per heavy atom. The molecular formula is C52H49F6N4+. The fourth-order valence-corrected chi connectivity index (χ4v) is 10.7. The number of quaternary nitrogens is 1. The van der Waals surface area contributed by atoms with E-state index in [0.717, 1.165) is 96.7 Å². The fraction of sp³-hybridized carbons (Fsp3) is 0.269. The van der Waals surface area contributed by atoms with Crippen LogP contribution < -0.4 is 5.32 Å². The molecule has 0 bridgehead atoms. The summed E-state index contributed by atoms with van der Waals surface area (Å²) in [7, 11) is 0. The van der Waals surface area contributed by atoms with E-state index in [-0.39, 0.29) is 0 Å². The lowest BCUT2D eigenvalue weighted by molar-refractivity contribution is -0.877. The molecule has 62 heavy (non-hydrogen) atoms. The number of piperidine rings is 1. The van der Waals surface area contributed by atoms with Crippen molar-refractivity contribution in [2.45, 2.75) is 84.1 Å². The second-order valence-corrected chi connectivity index (χ2v) is 17.1. The van der Waals surface area contributed by atoms with E-state index >= 15 is 0 Å². The molecule has 4 aliphatic heterocycles. The van der Waals surface area contributed by atoms with Crippen molar-refractivity contribution in [2.24, 2.45) is 0 Å². The lowest BCUT2D eigenvalue weighted by Gasteiger charge is -2.55. The number of fused-ring (bicyclic) bond motifs is 2. The van der Waals surface area contributed by atoms with Gasteiger partial charge in [0.15, 0.2) is 5.54 Å². The van der Waals surface area contributed by atoms with Gasteiger partial charge in [-0.25, -0.2) is 0 Å². The Labute approximate surface area is 358 Å². The van der Waals surface area contributed by atoms with Gasteiger partial charge in [0.25, 0.3) is 0 Å². The van der Waals surface area contributed by atoms with Crippen LogP contribution in [0.4, 0.5) is 26.3 Å². The lowest BCUT2D eigenvalue weighted by Crippen LogP contribution is -2.63. The summed E-state index contributed by atoms with van der Waals surface area (Å²) in [6.45, 7) is 8.69. The van der Waals surface area contributed by atoms with Crippen LogP contribution in [0.15, 0.2) is 155 Å². The third-order valence-corrected chi connectivity index (χ3v) is 13.5. The number of alkyl halides is 6. The molecule has 0 spiro atoms. The van der Waals surface area contributed by atoms with Gasteiger partial charge in [0.1, 0.15) is 6.20 Å². The summed E-state index contributed by atoms with van der Waals surface area (Å²) < 4.78 is 86.3. The largest absolute Gasteiger partial charge is 0.416 e. The Hall–Kier alpha value is -6.00. The maximum atomic E-state index is 13.7. The standard InChI is InChI=1S/C52H49F6N4/c1-34-27-40(36(3)60(34)46-15-7-12-44(30-46)51(53,54)55)18-17-38-29-42-20-19-39-11-9-25-62-24-6-5-23-50(62,49(39)48(42)33-59-32-38)43(14-10-26-62)22-21-41-28-35(2)61(37(41)4)47-16-8-13-45(31-47)52(56,57)58/h7-10,12-18,21-22,25-33,59H,5-6,11,19-20,23-24H2,1-4H3/q+1/b18-17+,22-21+. The molecule has 2 aromatic heterocycles. The Kier molecular flexibility index (Phi) is 10.3. The number of halogens is 6. The van der Waals surface area contributed by atoms with Crippen molar-refractivity contribution in [1.29, 1.82) is 0 Å². The van der Waals surface area contributed by atoms with E-state index in [1.807, 2.05) is 61.2 Å². The molecule has 4 nitrogen and oxygen atoms in total. The predicted octanol–water partition coefficient (Wildman–Crippen LogP) is 13.8. The van der Waals surface area contributed by atoms with Crippen molar-refractivity contribution in [2.75, 3.05) is 6.54 Å². The summed E-state index contributed by atoms with van der Waals surface area (Å²) in [6.07, 6.45) is 23.4. The zero-order valence-electron chi connectivity index (χ0n) is 35.3. The monoisotopic (exact) mass is 843 g/mol. The van der Waals surface area contributed by atoms with Crippen molar-refractivity contribution < 1.29 is 30.8 Å². The number of nitrogens with one attached hydrogen (secondary N) is 1. The van der Waals surface area contributed by atoms with E-state index in [2.05, 4.69) is 66.4 Å². The van der Waals surface area contributed by atoms with Crippen molar-refractivity contribution in [1.82, 2.24) is 14.5 Å². The van der Waals surface area contributed by atoms with Gasteiger partial charge in [-0.05, 0) is 155 Å². The number of allylic oxidation sites excluding steroid dienone is 8. The van der Waals surface area contributed by atoms with E-state index in [9.17, 15) is 26.3 Å². The molecule has 318 valence electrons. The van der Waals surface area contributed by atoms with Gasteiger partial charge in [-0.2, -0.15) is 26.3 Å². The molecule has 4 aromatic rings. The maximum Gasteiger partial charge on any atom is 0.416 e. The van der Waals surface area contributed by atoms with Crippen LogP contribution >= 0.6 is 0 Å². The topological polar surface area (TPSA) is 21.9 Å². The second kappa shape index (κ2) is 15.4. The van der Waals surface area contributed by atoms with E-state index < -0.39 is 29.0 Å². The highest BCUT2D eigenvalue weighted by Gasteiger charge is 2.59. The summed E-state index contributed by atoms with van der Waals surface area (Å²) in [5.41, 5.74) is 12.0. The zero-order chi connectivity index (χ0) is 43.6. The number of hydrogen-bond acceptors (Lipinski definition) is 1. The number of aromatic nitrogens is 2. The minimum atomic E-state index is -4.43. The number of rotatable bonds is 6. The Bertz CT molecular complexity index is 2770. The molecule has 2 unspecified atom stereocenters. The molecule has 0 saturated carbocycles. The quantitative estimate of drug-likeness (QED) is 0.152. The first-order valence-electron chi connectivity index (χ1n) is 21.2. The highest BCUT2D eigenvalue weighted by atomic mass is 19.4. The van der Waals surface area contributed by atoms with Gasteiger partial charge in [-0.3, -0.25) is 4.48 Å². The number of hydrogen-bond donors (Lipinski definition) is 1. The van der Waals surface area contributed by atoms with Crippen LogP contribution in [-0.2, 0) is 12.4 Å². The van der Waals surface area contributed by atoms with Crippen LogP contribution in [-0.4, -0.2) is 25.7 Å². The summed E-state index contributed by atoms with van der Waals surface area (Å²) in [4.78, 5) is 0. The summed E-state index contributed by atoms with van der Waals surface area (Å²) in [6, 6.07) is 15.0. The molecule has 9 rings (SSSR count). The van der Waals surface area contributed by atoms with E-state index in [1.165, 1.54) is 52.1 Å². The average molecular weight is 844 g/mol. The molecule has 1 aliphatic carbocycles. The number of benzene rings is 2. The zero-order valence-corrected chi connectivity index (χ0v) is 35.3. The molecule has 2 atom stereocenters. The van der Waals surface area contributed by atoms with Gasteiger partial charge in [-0.1, -0.05) is 42.0 Å². The van der Waals surface area contributed by atoms with E-state index in [4.69, 9.17) is 0 Å². The van der Waals surface area contributed by atoms with Gasteiger partial charge in [-0.15, -0.1) is 0 Å². The van der Waals surface area contributed by atoms with Crippen LogP contribution in [0.25, 0.3) is 23.5 Å². The average Bonchev–Trinajstić information content (AvgIpc) is 3.50. The highest BCUT2D eigenvalue weighted by Crippen LogP contribution is 2.57. The smallest absolute Gasteiger partial charge is 0.367 e. The molecule has 1 saturated heterocycles. The Morgan fingerprint density at radius 2 is 1.34 bits per heavy atom. The van der Waals surface area contributed by atoms with Crippen molar-refractivity contribution in [3.8, 4) is 11.4 Å². The van der Waals surface area contributed by atoms with Crippen LogP contribution in [0.1, 0.15) is 83.6 Å². The minimum Gasteiger partial charge on any atom is -0.367 e. The van der Waals surface area contributed by atoms with Crippen LogP contribution in [0.2, 0.25) is 0 Å². The van der Waals surface area contributed by atoms with Crippen molar-refractivity contribution in [3.63, 3.8) is 0 Å². The van der Waals surface area contributed by atoms with Gasteiger partial charge >= 0.3 is 12.4 Å². The summed E-state index contributed by atoms with van der Waals surface area (Å²) >= 11 is 0. The Morgan fingerprint density at radius 3 is 1.97 bits per heavy atom. The summed E-state index contributed by atoms with van der Waals surface area (Å²) in [5.74, 6) is 0. The first-order valence-corrected chi connectivity index (χ1v) is 21.2. The first kappa shape index (κ1) is 41.4. The lowest BCUT2D eigenvalue weighted by atomic mass is 9.64. The molecule has 5 aliphatic rings. The molecule has 1 N–H and O–H groups in total. The predicted molar refractivity (Wildman–Crippen MR) is 235 cm³/mol. The van der Waals surface area contributed by atoms with E-state index in [1.54, 1.807) is 12.1 Å². The summed E-state index contributed by atoms with van der Waals surface area (Å²) in [5, 5.41) is 3.54. The second-order valence-electron chi connectivity index (χ2n) is 17.1. The molecule has 6 heterocycles. The molecule has 10 heteroatoms. The first-order chi connectivity index (χ1) is 29.6. The molecule has 0 amide bonds. The number of aryl methyl sites for hydroxylation is 2. The Balaban J connectivity index is 1.06. The third kappa shape index (κ3) is 7.02. The van der Waals surface area contributed by atoms with Gasteiger partial charge in [0.05, 0.1) is 23.9 Å². The van der Waals surface area contributed by atoms with Crippen molar-refractivity contribution in [3.05, 3.63) is 200 Å². The van der Waals surface area contributed by atoms with Gasteiger partial charge < -0.3 is 14.5 Å². The molecular weight excluding hydrogens is 795 g/mol. The van der Waals surface area contributed by atoms with Gasteiger partial charge in [0.2, 0.25) is 0 Å². The molecule has 0 radical (unpaired) electrons. The SMILES string of the molecule is Cc1cc(/C=C/C2=CNC=C3C(=C2)CCC2=C3C34CCCC[N+]3(C=CC=C4/C=C/c3cc(C)n(-c4cccc(C(F)(F)F)c4)c3C)C=CC2)c(C)n1-c1cccc(C(F)(F)F)c1. The maximum absolute atomic E-state index is 13.7. The van der Waals surface area contributed by atoms with E-state index in [0.29, 0.717) is 15.9 Å². The van der Waals surface area contributed by atoms with Crippen LogP contribution in [0, 0.1) is 27.7 Å². The normalized spacial score (nSPS) is 22.5. The molecule has 1 fully saturated rings.